The highest BCUT2D eigenvalue weighted by molar-refractivity contribution is 5.84. The normalized spacial score (nSPS) is 13.3. The standard InChI is InChI=1S/C33H28N6/c1-3-13-25(4-2)38-30-20-11-18-28(22-30)37(26-14-7-5-8-15-26)29-19-12-21-31(23-29)39(27-16-9-6-10-17-27)33-35-24-34-32(38)36-33/h3-24H,1-2H3/b13-3-,25-4+. The maximum absolute atomic E-state index is 5.02. The van der Waals surface area contributed by atoms with Crippen molar-refractivity contribution >= 4 is 46.0 Å². The van der Waals surface area contributed by atoms with E-state index in [2.05, 4.69) is 122 Å². The first-order valence-electron chi connectivity index (χ1n) is 13.0. The predicted molar refractivity (Wildman–Crippen MR) is 160 cm³/mol. The van der Waals surface area contributed by atoms with Crippen LogP contribution in [0.15, 0.2) is 139 Å². The highest BCUT2D eigenvalue weighted by atomic mass is 15.3. The molecule has 0 unspecified atom stereocenters. The molecular formula is C33H28N6. The second-order valence-corrected chi connectivity index (χ2v) is 9.02. The quantitative estimate of drug-likeness (QED) is 0.226. The van der Waals surface area contributed by atoms with Gasteiger partial charge in [-0.3, -0.25) is 9.80 Å². The molecule has 0 atom stereocenters. The molecule has 190 valence electrons. The summed E-state index contributed by atoms with van der Waals surface area (Å²) in [5.41, 5.74) is 6.92. The number of hydrogen-bond acceptors (Lipinski definition) is 6. The molecule has 1 aromatic heterocycles. The van der Waals surface area contributed by atoms with E-state index >= 15 is 0 Å². The van der Waals surface area contributed by atoms with Crippen molar-refractivity contribution in [3.05, 3.63) is 139 Å². The van der Waals surface area contributed by atoms with Crippen molar-refractivity contribution in [1.29, 1.82) is 0 Å². The van der Waals surface area contributed by atoms with Crippen LogP contribution in [0.4, 0.5) is 46.0 Å². The summed E-state index contributed by atoms with van der Waals surface area (Å²) in [4.78, 5) is 20.7. The summed E-state index contributed by atoms with van der Waals surface area (Å²) < 4.78 is 0. The average Bonchev–Trinajstić information content (AvgIpc) is 2.99. The molecule has 0 aliphatic carbocycles. The fourth-order valence-electron chi connectivity index (χ4n) is 4.87. The van der Waals surface area contributed by atoms with Gasteiger partial charge in [0.1, 0.15) is 6.33 Å². The van der Waals surface area contributed by atoms with Gasteiger partial charge in [-0.2, -0.15) is 4.98 Å². The van der Waals surface area contributed by atoms with Crippen molar-refractivity contribution in [2.45, 2.75) is 13.8 Å². The molecule has 0 spiro atoms. The molecular weight excluding hydrogens is 480 g/mol. The number of rotatable bonds is 4. The third-order valence-electron chi connectivity index (χ3n) is 6.56. The Labute approximate surface area is 228 Å². The molecule has 39 heavy (non-hydrogen) atoms. The monoisotopic (exact) mass is 508 g/mol. The SMILES string of the molecule is C/C=C\C(=C/C)N1c2cccc(c2)N(c2ccccc2)c2cccc(c2)N(c2ccccc2)c2ncnc1n2. The van der Waals surface area contributed by atoms with E-state index in [0.29, 0.717) is 11.9 Å². The fourth-order valence-corrected chi connectivity index (χ4v) is 4.87. The molecule has 6 rings (SSSR count). The lowest BCUT2D eigenvalue weighted by Gasteiger charge is -2.31. The molecule has 1 aliphatic heterocycles. The molecule has 6 nitrogen and oxygen atoms in total. The third kappa shape index (κ3) is 4.64. The Balaban J connectivity index is 1.69. The number of allylic oxidation sites excluding steroid dienone is 3. The molecule has 6 bridgehead atoms. The minimum Gasteiger partial charge on any atom is -0.310 e. The molecule has 2 heterocycles. The summed E-state index contributed by atoms with van der Waals surface area (Å²) >= 11 is 0. The predicted octanol–water partition coefficient (Wildman–Crippen LogP) is 8.74. The number of para-hydroxylation sites is 2. The van der Waals surface area contributed by atoms with Gasteiger partial charge in [0, 0.05) is 28.4 Å². The lowest BCUT2D eigenvalue weighted by molar-refractivity contribution is 0.966. The highest BCUT2D eigenvalue weighted by Crippen LogP contribution is 2.42. The zero-order chi connectivity index (χ0) is 26.6. The van der Waals surface area contributed by atoms with Crippen LogP contribution in [0.25, 0.3) is 0 Å². The van der Waals surface area contributed by atoms with Crippen molar-refractivity contribution in [3.63, 3.8) is 0 Å². The van der Waals surface area contributed by atoms with E-state index in [9.17, 15) is 0 Å². The summed E-state index contributed by atoms with van der Waals surface area (Å²) in [7, 11) is 0. The summed E-state index contributed by atoms with van der Waals surface area (Å²) in [5, 5.41) is 0. The summed E-state index contributed by atoms with van der Waals surface area (Å²) in [5.74, 6) is 1.07. The Morgan fingerprint density at radius 2 is 1.08 bits per heavy atom. The first-order valence-corrected chi connectivity index (χ1v) is 13.0. The number of anilines is 8. The maximum Gasteiger partial charge on any atom is 0.239 e. The van der Waals surface area contributed by atoms with Crippen molar-refractivity contribution in [3.8, 4) is 0 Å². The summed E-state index contributed by atoms with van der Waals surface area (Å²) in [6, 6.07) is 37.5. The Kier molecular flexibility index (Phi) is 6.58. The Hall–Kier alpha value is -5.23. The van der Waals surface area contributed by atoms with E-state index in [1.165, 1.54) is 0 Å². The maximum atomic E-state index is 5.02. The molecule has 0 saturated carbocycles. The lowest BCUT2D eigenvalue weighted by Crippen LogP contribution is -2.22. The molecule has 5 aromatic rings. The van der Waals surface area contributed by atoms with Gasteiger partial charge in [-0.1, -0.05) is 60.7 Å². The van der Waals surface area contributed by atoms with Crippen molar-refractivity contribution in [1.82, 2.24) is 15.0 Å². The van der Waals surface area contributed by atoms with Crippen molar-refractivity contribution in [2.75, 3.05) is 14.7 Å². The van der Waals surface area contributed by atoms with E-state index in [1.54, 1.807) is 6.33 Å². The van der Waals surface area contributed by atoms with Gasteiger partial charge in [0.2, 0.25) is 11.9 Å². The molecule has 0 radical (unpaired) electrons. The highest BCUT2D eigenvalue weighted by Gasteiger charge is 2.24. The van der Waals surface area contributed by atoms with Gasteiger partial charge in [0.05, 0.1) is 11.4 Å². The minimum absolute atomic E-state index is 0.535. The van der Waals surface area contributed by atoms with Gasteiger partial charge in [0.15, 0.2) is 0 Å². The number of nitrogens with zero attached hydrogens (tertiary/aromatic N) is 6. The summed E-state index contributed by atoms with van der Waals surface area (Å²) in [6.45, 7) is 4.03. The number of fused-ring (bicyclic) bond motifs is 6. The second kappa shape index (κ2) is 10.6. The van der Waals surface area contributed by atoms with Crippen LogP contribution in [0, 0.1) is 0 Å². The van der Waals surface area contributed by atoms with E-state index in [4.69, 9.17) is 4.98 Å². The van der Waals surface area contributed by atoms with Gasteiger partial charge in [-0.05, 0) is 80.6 Å². The van der Waals surface area contributed by atoms with E-state index in [1.807, 2.05) is 44.2 Å². The second-order valence-electron chi connectivity index (χ2n) is 9.02. The number of benzene rings is 4. The van der Waals surface area contributed by atoms with Crippen molar-refractivity contribution < 1.29 is 0 Å². The number of aromatic nitrogens is 3. The molecule has 4 aromatic carbocycles. The molecule has 6 heteroatoms. The Bertz CT molecular complexity index is 1540. The van der Waals surface area contributed by atoms with Crippen LogP contribution in [0.2, 0.25) is 0 Å². The number of hydrogen-bond donors (Lipinski definition) is 0. The van der Waals surface area contributed by atoms with Crippen LogP contribution in [0.5, 0.6) is 0 Å². The first kappa shape index (κ1) is 24.1. The van der Waals surface area contributed by atoms with Crippen molar-refractivity contribution in [2.24, 2.45) is 0 Å². The largest absolute Gasteiger partial charge is 0.310 e. The zero-order valence-electron chi connectivity index (χ0n) is 21.9. The van der Waals surface area contributed by atoms with Crippen LogP contribution >= 0.6 is 0 Å². The topological polar surface area (TPSA) is 48.4 Å². The Morgan fingerprint density at radius 3 is 1.69 bits per heavy atom. The molecule has 0 N–H and O–H groups in total. The van der Waals surface area contributed by atoms with Gasteiger partial charge in [-0.15, -0.1) is 0 Å². The Morgan fingerprint density at radius 1 is 0.564 bits per heavy atom. The molecule has 0 saturated heterocycles. The van der Waals surface area contributed by atoms with Gasteiger partial charge in [-0.25, -0.2) is 9.97 Å². The summed E-state index contributed by atoms with van der Waals surface area (Å²) in [6.07, 6.45) is 7.73. The van der Waals surface area contributed by atoms with Crippen LogP contribution in [-0.2, 0) is 0 Å². The van der Waals surface area contributed by atoms with Gasteiger partial charge < -0.3 is 4.90 Å². The van der Waals surface area contributed by atoms with E-state index < -0.39 is 0 Å². The molecule has 0 fully saturated rings. The average molecular weight is 509 g/mol. The molecule has 1 aliphatic rings. The van der Waals surface area contributed by atoms with Crippen LogP contribution in [-0.4, -0.2) is 15.0 Å². The fraction of sp³-hybridized carbons (Fsp3) is 0.0606. The lowest BCUT2D eigenvalue weighted by atomic mass is 10.1. The van der Waals surface area contributed by atoms with E-state index in [0.717, 1.165) is 39.8 Å². The van der Waals surface area contributed by atoms with Gasteiger partial charge >= 0.3 is 0 Å². The first-order chi connectivity index (χ1) is 19.3. The van der Waals surface area contributed by atoms with Gasteiger partial charge in [0.25, 0.3) is 0 Å². The smallest absolute Gasteiger partial charge is 0.239 e. The van der Waals surface area contributed by atoms with Crippen LogP contribution in [0.3, 0.4) is 0 Å². The van der Waals surface area contributed by atoms with Crippen LogP contribution in [0.1, 0.15) is 13.8 Å². The van der Waals surface area contributed by atoms with Crippen LogP contribution < -0.4 is 14.7 Å². The third-order valence-corrected chi connectivity index (χ3v) is 6.56. The zero-order valence-corrected chi connectivity index (χ0v) is 21.9. The molecule has 0 amide bonds. The minimum atomic E-state index is 0.535. The van der Waals surface area contributed by atoms with E-state index in [-0.39, 0.29) is 0 Å².